The van der Waals surface area contributed by atoms with E-state index in [0.29, 0.717) is 0 Å². The van der Waals surface area contributed by atoms with E-state index in [9.17, 15) is 0 Å². The van der Waals surface area contributed by atoms with E-state index in [4.69, 9.17) is 0 Å². The van der Waals surface area contributed by atoms with Crippen LogP contribution in [-0.4, -0.2) is 4.57 Å². The zero-order valence-corrected chi connectivity index (χ0v) is 34.1. The third-order valence-electron chi connectivity index (χ3n) is 12.2. The van der Waals surface area contributed by atoms with Crippen molar-refractivity contribution >= 4 is 81.1 Å². The Morgan fingerprint density at radius 3 is 1.79 bits per heavy atom. The second-order valence-electron chi connectivity index (χ2n) is 15.7. The Morgan fingerprint density at radius 2 is 0.918 bits per heavy atom. The van der Waals surface area contributed by atoms with Crippen molar-refractivity contribution in [3.8, 4) is 39.1 Å². The molecule has 0 atom stereocenters. The number of anilines is 3. The number of fused-ring (bicyclic) bond motifs is 7. The predicted molar refractivity (Wildman–Crippen MR) is 262 cm³/mol. The molecule has 286 valence electrons. The third-order valence-corrected chi connectivity index (χ3v) is 13.4. The number of hydrogen-bond donors (Lipinski definition) is 0. The Kier molecular flexibility index (Phi) is 8.39. The van der Waals surface area contributed by atoms with Gasteiger partial charge in [0.2, 0.25) is 0 Å². The molecule has 0 aliphatic heterocycles. The van der Waals surface area contributed by atoms with Gasteiger partial charge >= 0.3 is 0 Å². The first kappa shape index (κ1) is 35.2. The lowest BCUT2D eigenvalue weighted by atomic mass is 9.97. The third kappa shape index (κ3) is 5.93. The second-order valence-corrected chi connectivity index (χ2v) is 16.7. The molecule has 0 saturated carbocycles. The van der Waals surface area contributed by atoms with Crippen LogP contribution in [0.5, 0.6) is 0 Å². The van der Waals surface area contributed by atoms with Gasteiger partial charge in [-0.15, -0.1) is 11.3 Å². The molecule has 2 nitrogen and oxygen atoms in total. The lowest BCUT2D eigenvalue weighted by molar-refractivity contribution is 1.20. The van der Waals surface area contributed by atoms with Crippen LogP contribution >= 0.6 is 11.3 Å². The van der Waals surface area contributed by atoms with Crippen LogP contribution in [0.15, 0.2) is 231 Å². The van der Waals surface area contributed by atoms with Gasteiger partial charge in [0.15, 0.2) is 0 Å². The molecule has 0 N–H and O–H groups in total. The van der Waals surface area contributed by atoms with Gasteiger partial charge in [-0.2, -0.15) is 0 Å². The molecule has 0 saturated heterocycles. The van der Waals surface area contributed by atoms with Gasteiger partial charge in [0, 0.05) is 42.9 Å². The average Bonchev–Trinajstić information content (AvgIpc) is 3.88. The first-order valence-corrected chi connectivity index (χ1v) is 21.7. The molecule has 0 aliphatic rings. The number of para-hydroxylation sites is 2. The molecular formula is C58H38N2S. The van der Waals surface area contributed by atoms with E-state index in [-0.39, 0.29) is 0 Å². The molecule has 2 aromatic heterocycles. The van der Waals surface area contributed by atoms with Crippen LogP contribution in [0.4, 0.5) is 17.1 Å². The van der Waals surface area contributed by atoms with Crippen LogP contribution in [0, 0.1) is 0 Å². The van der Waals surface area contributed by atoms with Gasteiger partial charge in [-0.25, -0.2) is 0 Å². The number of benzene rings is 10. The highest BCUT2D eigenvalue weighted by Crippen LogP contribution is 2.45. The highest BCUT2D eigenvalue weighted by molar-refractivity contribution is 7.26. The van der Waals surface area contributed by atoms with Crippen molar-refractivity contribution in [1.29, 1.82) is 0 Å². The molecular weight excluding hydrogens is 757 g/mol. The fourth-order valence-corrected chi connectivity index (χ4v) is 10.5. The summed E-state index contributed by atoms with van der Waals surface area (Å²) >= 11 is 1.88. The van der Waals surface area contributed by atoms with E-state index in [2.05, 4.69) is 240 Å². The van der Waals surface area contributed by atoms with Crippen molar-refractivity contribution in [3.63, 3.8) is 0 Å². The molecule has 0 unspecified atom stereocenters. The average molecular weight is 795 g/mol. The number of thiophene rings is 1. The standard InChI is InChI=1S/C58H38N2S/c1-2-14-39(15-3-1)40-32-35-45(36-33-40)59(53-25-12-17-42-16-4-5-18-46(42)53)52-23-9-6-19-47(52)43-30-28-41(29-31-43)44-34-37-49-48-20-7-10-24-54(48)60(56(49)38-44)55-26-13-22-51-50-21-8-11-27-57(50)61-58(51)55/h1-38H. The Morgan fingerprint density at radius 1 is 0.344 bits per heavy atom. The van der Waals surface area contributed by atoms with E-state index in [0.717, 1.165) is 22.6 Å². The fourth-order valence-electron chi connectivity index (χ4n) is 9.32. The number of rotatable bonds is 7. The van der Waals surface area contributed by atoms with E-state index in [1.54, 1.807) is 0 Å². The summed E-state index contributed by atoms with van der Waals surface area (Å²) in [5.74, 6) is 0. The molecule has 0 bridgehead atoms. The highest BCUT2D eigenvalue weighted by atomic mass is 32.1. The minimum absolute atomic E-state index is 1.11. The SMILES string of the molecule is c1ccc(-c2ccc(N(c3ccccc3-c3ccc(-c4ccc5c6ccccc6n(-c6cccc7c6sc6ccccc67)c5c4)cc3)c3cccc4ccccc34)cc2)cc1. The smallest absolute Gasteiger partial charge is 0.0640 e. The van der Waals surface area contributed by atoms with Crippen LogP contribution in [0.25, 0.3) is 91.8 Å². The summed E-state index contributed by atoms with van der Waals surface area (Å²) in [5.41, 5.74) is 14.1. The van der Waals surface area contributed by atoms with Crippen LogP contribution in [-0.2, 0) is 0 Å². The number of nitrogens with zero attached hydrogens (tertiary/aromatic N) is 2. The molecule has 3 heteroatoms. The molecule has 10 aromatic carbocycles. The Bertz CT molecular complexity index is 3570. The highest BCUT2D eigenvalue weighted by Gasteiger charge is 2.20. The Labute approximate surface area is 358 Å². The molecule has 0 spiro atoms. The monoisotopic (exact) mass is 794 g/mol. The van der Waals surface area contributed by atoms with Gasteiger partial charge in [0.05, 0.1) is 32.8 Å². The van der Waals surface area contributed by atoms with Crippen molar-refractivity contribution < 1.29 is 0 Å². The maximum absolute atomic E-state index is 2.48. The van der Waals surface area contributed by atoms with Gasteiger partial charge in [0.1, 0.15) is 0 Å². The minimum atomic E-state index is 1.11. The summed E-state index contributed by atoms with van der Waals surface area (Å²) < 4.78 is 5.10. The van der Waals surface area contributed by atoms with Crippen molar-refractivity contribution in [3.05, 3.63) is 231 Å². The second kappa shape index (κ2) is 14.5. The van der Waals surface area contributed by atoms with E-state index in [1.165, 1.54) is 86.3 Å². The Balaban J connectivity index is 0.972. The van der Waals surface area contributed by atoms with Gasteiger partial charge < -0.3 is 9.47 Å². The first-order chi connectivity index (χ1) is 30.3. The minimum Gasteiger partial charge on any atom is -0.309 e. The summed E-state index contributed by atoms with van der Waals surface area (Å²) in [5, 5.41) is 7.56. The zero-order valence-electron chi connectivity index (χ0n) is 33.2. The first-order valence-electron chi connectivity index (χ1n) is 20.8. The lowest BCUT2D eigenvalue weighted by Gasteiger charge is -2.29. The zero-order chi connectivity index (χ0) is 40.3. The molecule has 0 aliphatic carbocycles. The topological polar surface area (TPSA) is 8.17 Å². The summed E-state index contributed by atoms with van der Waals surface area (Å²) in [4.78, 5) is 2.42. The maximum atomic E-state index is 2.48. The molecule has 61 heavy (non-hydrogen) atoms. The quantitative estimate of drug-likeness (QED) is 0.156. The van der Waals surface area contributed by atoms with E-state index >= 15 is 0 Å². The maximum Gasteiger partial charge on any atom is 0.0640 e. The van der Waals surface area contributed by atoms with Gasteiger partial charge in [-0.05, 0) is 81.7 Å². The number of hydrogen-bond acceptors (Lipinski definition) is 2. The van der Waals surface area contributed by atoms with Crippen LogP contribution in [0.1, 0.15) is 0 Å². The largest absolute Gasteiger partial charge is 0.309 e. The van der Waals surface area contributed by atoms with E-state index < -0.39 is 0 Å². The van der Waals surface area contributed by atoms with Gasteiger partial charge in [-0.1, -0.05) is 182 Å². The summed E-state index contributed by atoms with van der Waals surface area (Å²) in [6.07, 6.45) is 0. The fraction of sp³-hybridized carbons (Fsp3) is 0. The molecule has 12 rings (SSSR count). The van der Waals surface area contributed by atoms with Crippen molar-refractivity contribution in [2.75, 3.05) is 4.90 Å². The summed E-state index contributed by atoms with van der Waals surface area (Å²) in [7, 11) is 0. The normalized spacial score (nSPS) is 11.6. The number of aromatic nitrogens is 1. The predicted octanol–water partition coefficient (Wildman–Crippen LogP) is 16.8. The molecule has 0 fully saturated rings. The summed E-state index contributed by atoms with van der Waals surface area (Å²) in [6, 6.07) is 84.1. The molecule has 12 aromatic rings. The van der Waals surface area contributed by atoms with Crippen molar-refractivity contribution in [1.82, 2.24) is 4.57 Å². The van der Waals surface area contributed by atoms with Crippen molar-refractivity contribution in [2.45, 2.75) is 0 Å². The molecule has 0 radical (unpaired) electrons. The Hall–Kier alpha value is -7.72. The summed E-state index contributed by atoms with van der Waals surface area (Å²) in [6.45, 7) is 0. The van der Waals surface area contributed by atoms with Gasteiger partial charge in [-0.3, -0.25) is 0 Å². The lowest BCUT2D eigenvalue weighted by Crippen LogP contribution is -2.11. The van der Waals surface area contributed by atoms with Crippen LogP contribution in [0.3, 0.4) is 0 Å². The van der Waals surface area contributed by atoms with Crippen LogP contribution in [0.2, 0.25) is 0 Å². The van der Waals surface area contributed by atoms with Gasteiger partial charge in [0.25, 0.3) is 0 Å². The van der Waals surface area contributed by atoms with Crippen molar-refractivity contribution in [2.24, 2.45) is 0 Å². The molecule has 0 amide bonds. The van der Waals surface area contributed by atoms with E-state index in [1.807, 2.05) is 11.3 Å². The molecule has 2 heterocycles. The van der Waals surface area contributed by atoms with Crippen LogP contribution < -0.4 is 4.90 Å².